The minimum absolute atomic E-state index is 0.0814. The van der Waals surface area contributed by atoms with Gasteiger partial charge in [0.05, 0.1) is 22.9 Å². The Morgan fingerprint density at radius 2 is 1.58 bits per heavy atom. The molecule has 0 saturated heterocycles. The number of carbonyl (C=O) groups excluding carboxylic acids is 2. The highest BCUT2D eigenvalue weighted by Crippen LogP contribution is 2.27. The van der Waals surface area contributed by atoms with Gasteiger partial charge >= 0.3 is 5.97 Å². The van der Waals surface area contributed by atoms with Gasteiger partial charge in [-0.15, -0.1) is 11.8 Å². The van der Waals surface area contributed by atoms with E-state index in [0.29, 0.717) is 22.7 Å². The molecule has 0 radical (unpaired) electrons. The van der Waals surface area contributed by atoms with Gasteiger partial charge in [0.25, 0.3) is 5.91 Å². The SMILES string of the molecule is COc1ccc(C(=O)Nc2ccc(SC(C)C(=O)Nc3ccc(Cl)c(C(=O)O)c3)cc2)cc1. The molecule has 7 nitrogen and oxygen atoms in total. The fourth-order valence-corrected chi connectivity index (χ4v) is 3.90. The zero-order chi connectivity index (χ0) is 24.0. The Kier molecular flexibility index (Phi) is 7.97. The summed E-state index contributed by atoms with van der Waals surface area (Å²) in [4.78, 5) is 36.9. The molecule has 3 aromatic carbocycles. The van der Waals surface area contributed by atoms with Gasteiger partial charge in [-0.05, 0) is 73.7 Å². The van der Waals surface area contributed by atoms with Crippen LogP contribution in [0.1, 0.15) is 27.6 Å². The van der Waals surface area contributed by atoms with Gasteiger partial charge in [0, 0.05) is 21.8 Å². The van der Waals surface area contributed by atoms with Crippen LogP contribution in [-0.2, 0) is 4.79 Å². The van der Waals surface area contributed by atoms with Crippen LogP contribution >= 0.6 is 23.4 Å². The summed E-state index contributed by atoms with van der Waals surface area (Å²) in [5.41, 5.74) is 1.40. The number of halogens is 1. The van der Waals surface area contributed by atoms with Crippen LogP contribution in [0.25, 0.3) is 0 Å². The molecule has 0 heterocycles. The maximum absolute atomic E-state index is 12.5. The molecule has 0 aromatic heterocycles. The van der Waals surface area contributed by atoms with Crippen LogP contribution in [0.15, 0.2) is 71.6 Å². The molecule has 3 rings (SSSR count). The van der Waals surface area contributed by atoms with Crippen molar-refractivity contribution in [3.8, 4) is 5.75 Å². The van der Waals surface area contributed by atoms with Gasteiger partial charge in [-0.1, -0.05) is 11.6 Å². The molecule has 0 aliphatic carbocycles. The maximum atomic E-state index is 12.5. The van der Waals surface area contributed by atoms with E-state index in [1.54, 1.807) is 56.5 Å². The van der Waals surface area contributed by atoms with Gasteiger partial charge in [0.2, 0.25) is 5.91 Å². The quantitative estimate of drug-likeness (QED) is 0.369. The van der Waals surface area contributed by atoms with Gasteiger partial charge < -0.3 is 20.5 Å². The highest BCUT2D eigenvalue weighted by molar-refractivity contribution is 8.00. The molecule has 2 amide bonds. The summed E-state index contributed by atoms with van der Waals surface area (Å²) < 4.78 is 5.09. The van der Waals surface area contributed by atoms with Crippen LogP contribution in [0.4, 0.5) is 11.4 Å². The van der Waals surface area contributed by atoms with Crippen molar-refractivity contribution < 1.29 is 24.2 Å². The lowest BCUT2D eigenvalue weighted by Gasteiger charge is -2.13. The summed E-state index contributed by atoms with van der Waals surface area (Å²) >= 11 is 7.19. The molecule has 0 aliphatic heterocycles. The van der Waals surface area contributed by atoms with E-state index in [4.69, 9.17) is 21.4 Å². The largest absolute Gasteiger partial charge is 0.497 e. The van der Waals surface area contributed by atoms with Crippen molar-refractivity contribution in [2.24, 2.45) is 0 Å². The number of hydrogen-bond acceptors (Lipinski definition) is 5. The zero-order valence-corrected chi connectivity index (χ0v) is 19.4. The number of anilines is 2. The number of carboxylic acids is 1. The third-order valence-corrected chi connectivity index (χ3v) is 6.05. The molecule has 1 atom stereocenters. The lowest BCUT2D eigenvalue weighted by atomic mass is 10.2. The molecule has 3 N–H and O–H groups in total. The van der Waals surface area contributed by atoms with E-state index >= 15 is 0 Å². The third-order valence-electron chi connectivity index (χ3n) is 4.61. The van der Waals surface area contributed by atoms with Crippen molar-refractivity contribution >= 4 is 52.5 Å². The van der Waals surface area contributed by atoms with Crippen molar-refractivity contribution in [3.63, 3.8) is 0 Å². The van der Waals surface area contributed by atoms with Crippen LogP contribution < -0.4 is 15.4 Å². The minimum Gasteiger partial charge on any atom is -0.497 e. The fourth-order valence-electron chi connectivity index (χ4n) is 2.83. The second-order valence-corrected chi connectivity index (χ2v) is 8.78. The second-order valence-electron chi connectivity index (χ2n) is 6.96. The number of thioether (sulfide) groups is 1. The summed E-state index contributed by atoms with van der Waals surface area (Å²) in [5, 5.41) is 14.3. The smallest absolute Gasteiger partial charge is 0.337 e. The molecule has 0 fully saturated rings. The molecule has 170 valence electrons. The van der Waals surface area contributed by atoms with Crippen molar-refractivity contribution in [2.45, 2.75) is 17.1 Å². The first-order valence-electron chi connectivity index (χ1n) is 9.82. The summed E-state index contributed by atoms with van der Waals surface area (Å²) in [6.07, 6.45) is 0. The van der Waals surface area contributed by atoms with E-state index < -0.39 is 11.2 Å². The first-order valence-corrected chi connectivity index (χ1v) is 11.1. The monoisotopic (exact) mass is 484 g/mol. The normalized spacial score (nSPS) is 11.4. The molecule has 3 aromatic rings. The predicted octanol–water partition coefficient (Wildman–Crippen LogP) is 5.42. The second kappa shape index (κ2) is 10.9. The Labute approximate surface area is 200 Å². The standard InChI is InChI=1S/C24H21ClN2O5S/c1-14(22(28)27-17-7-12-21(25)20(13-17)24(30)31)33-19-10-5-16(6-11-19)26-23(29)15-3-8-18(32-2)9-4-15/h3-14H,1-2H3,(H,26,29)(H,27,28)(H,30,31). The summed E-state index contributed by atoms with van der Waals surface area (Å²) in [6, 6.07) is 18.2. The first-order chi connectivity index (χ1) is 15.8. The van der Waals surface area contributed by atoms with Gasteiger partial charge in [-0.3, -0.25) is 9.59 Å². The Balaban J connectivity index is 1.57. The van der Waals surface area contributed by atoms with E-state index in [2.05, 4.69) is 10.6 Å². The number of methoxy groups -OCH3 is 1. The van der Waals surface area contributed by atoms with Crippen molar-refractivity contribution in [1.82, 2.24) is 0 Å². The Hall–Kier alpha value is -3.49. The molecule has 0 aliphatic rings. The van der Waals surface area contributed by atoms with E-state index in [1.807, 2.05) is 12.1 Å². The van der Waals surface area contributed by atoms with Crippen molar-refractivity contribution in [1.29, 1.82) is 0 Å². The molecule has 33 heavy (non-hydrogen) atoms. The highest BCUT2D eigenvalue weighted by Gasteiger charge is 2.17. The Morgan fingerprint density at radius 3 is 2.18 bits per heavy atom. The first kappa shape index (κ1) is 24.2. The number of benzene rings is 3. The van der Waals surface area contributed by atoms with Crippen molar-refractivity contribution in [3.05, 3.63) is 82.9 Å². The number of amides is 2. The average Bonchev–Trinajstić information content (AvgIpc) is 2.81. The summed E-state index contributed by atoms with van der Waals surface area (Å²) in [6.45, 7) is 1.74. The van der Waals surface area contributed by atoms with Crippen LogP contribution in [0.2, 0.25) is 5.02 Å². The number of carboxylic acid groups (broad SMARTS) is 1. The van der Waals surface area contributed by atoms with E-state index in [-0.39, 0.29) is 22.4 Å². The lowest BCUT2D eigenvalue weighted by Crippen LogP contribution is -2.22. The van der Waals surface area contributed by atoms with Crippen LogP contribution in [-0.4, -0.2) is 35.2 Å². The van der Waals surface area contributed by atoms with Crippen LogP contribution in [0, 0.1) is 0 Å². The minimum atomic E-state index is -1.17. The van der Waals surface area contributed by atoms with Crippen molar-refractivity contribution in [2.75, 3.05) is 17.7 Å². The average molecular weight is 485 g/mol. The number of aromatic carboxylic acids is 1. The lowest BCUT2D eigenvalue weighted by molar-refractivity contribution is -0.115. The molecular weight excluding hydrogens is 464 g/mol. The van der Waals surface area contributed by atoms with Gasteiger partial charge in [-0.2, -0.15) is 0 Å². The number of carbonyl (C=O) groups is 3. The Morgan fingerprint density at radius 1 is 0.939 bits per heavy atom. The summed E-state index contributed by atoms with van der Waals surface area (Å²) in [5.74, 6) is -1.02. The Bertz CT molecular complexity index is 1170. The number of ether oxygens (including phenoxy) is 1. The molecular formula is C24H21ClN2O5S. The van der Waals surface area contributed by atoms with E-state index in [1.165, 1.54) is 23.9 Å². The molecule has 1 unspecified atom stereocenters. The predicted molar refractivity (Wildman–Crippen MR) is 130 cm³/mol. The topological polar surface area (TPSA) is 105 Å². The fraction of sp³-hybridized carbons (Fsp3) is 0.125. The number of nitrogens with one attached hydrogen (secondary N) is 2. The highest BCUT2D eigenvalue weighted by atomic mass is 35.5. The third kappa shape index (κ3) is 6.50. The molecule has 9 heteroatoms. The molecule has 0 spiro atoms. The maximum Gasteiger partial charge on any atom is 0.337 e. The van der Waals surface area contributed by atoms with Gasteiger partial charge in [0.15, 0.2) is 0 Å². The van der Waals surface area contributed by atoms with Crippen LogP contribution in [0.3, 0.4) is 0 Å². The van der Waals surface area contributed by atoms with Gasteiger partial charge in [-0.25, -0.2) is 4.79 Å². The number of rotatable bonds is 8. The number of hydrogen-bond donors (Lipinski definition) is 3. The summed E-state index contributed by atoms with van der Waals surface area (Å²) in [7, 11) is 1.56. The van der Waals surface area contributed by atoms with E-state index in [0.717, 1.165) is 4.90 Å². The molecule has 0 bridgehead atoms. The van der Waals surface area contributed by atoms with E-state index in [9.17, 15) is 14.4 Å². The van der Waals surface area contributed by atoms with Crippen LogP contribution in [0.5, 0.6) is 5.75 Å². The molecule has 0 saturated carbocycles. The van der Waals surface area contributed by atoms with Gasteiger partial charge in [0.1, 0.15) is 5.75 Å². The zero-order valence-electron chi connectivity index (χ0n) is 17.8.